The second-order valence-electron chi connectivity index (χ2n) is 5.88. The van der Waals surface area contributed by atoms with E-state index < -0.39 is 28.9 Å². The fraction of sp³-hybridized carbons (Fsp3) is 0.111. The summed E-state index contributed by atoms with van der Waals surface area (Å²) in [6.45, 7) is 0. The molecule has 11 heteroatoms. The summed E-state index contributed by atoms with van der Waals surface area (Å²) in [5.41, 5.74) is -1.54. The molecule has 0 amide bonds. The van der Waals surface area contributed by atoms with E-state index in [2.05, 4.69) is 0 Å². The Morgan fingerprint density at radius 2 is 1.66 bits per heavy atom. The van der Waals surface area contributed by atoms with Gasteiger partial charge < -0.3 is 25.0 Å². The first-order valence-corrected chi connectivity index (χ1v) is 7.48. The molecule has 2 heterocycles. The fourth-order valence-electron chi connectivity index (χ4n) is 3.18. The summed E-state index contributed by atoms with van der Waals surface area (Å²) in [7, 11) is 1.79. The minimum absolute atomic E-state index is 0. The first kappa shape index (κ1) is 25.3. The molecule has 4 aromatic rings. The van der Waals surface area contributed by atoms with E-state index in [1.807, 2.05) is 22.8 Å². The number of hydrogen-bond donors (Lipinski definition) is 1. The van der Waals surface area contributed by atoms with Gasteiger partial charge in [0, 0.05) is 78.8 Å². The molecular formula is C18H14EuF3NO6. The van der Waals surface area contributed by atoms with Crippen molar-refractivity contribution >= 4 is 38.6 Å². The smallest absolute Gasteiger partial charge is 0.455 e. The number of aromatic nitrogens is 1. The third-order valence-corrected chi connectivity index (χ3v) is 4.40. The number of hydrogen-bond acceptors (Lipinski definition) is 4. The Morgan fingerprint density at radius 3 is 2.28 bits per heavy atom. The topological polar surface area (TPSA) is 135 Å². The molecule has 2 aromatic heterocycles. The molecule has 0 aliphatic heterocycles. The number of fused-ring (bicyclic) bond motifs is 4. The number of rotatable bonds is 1. The van der Waals surface area contributed by atoms with Crippen LogP contribution in [0.1, 0.15) is 10.4 Å². The van der Waals surface area contributed by atoms with E-state index in [0.717, 1.165) is 10.9 Å². The van der Waals surface area contributed by atoms with Crippen molar-refractivity contribution in [2.24, 2.45) is 7.05 Å². The first-order chi connectivity index (χ1) is 12.2. The zero-order valence-electron chi connectivity index (χ0n) is 14.6. The average molecular weight is 549 g/mol. The van der Waals surface area contributed by atoms with Gasteiger partial charge in [-0.15, -0.1) is 0 Å². The van der Waals surface area contributed by atoms with Crippen molar-refractivity contribution < 1.29 is 87.8 Å². The van der Waals surface area contributed by atoms with Crippen LogP contribution in [0.15, 0.2) is 45.6 Å². The summed E-state index contributed by atoms with van der Waals surface area (Å²) in [4.78, 5) is 23.4. The predicted molar refractivity (Wildman–Crippen MR) is 95.7 cm³/mol. The van der Waals surface area contributed by atoms with E-state index in [9.17, 15) is 27.9 Å². The number of alkyl halides is 3. The normalized spacial score (nSPS) is 11.0. The zero-order valence-corrected chi connectivity index (χ0v) is 17.0. The quantitative estimate of drug-likeness (QED) is 0.288. The van der Waals surface area contributed by atoms with Crippen LogP contribution in [0.4, 0.5) is 13.2 Å². The Kier molecular flexibility index (Phi) is 7.42. The number of halogens is 3. The van der Waals surface area contributed by atoms with Crippen molar-refractivity contribution in [3.63, 3.8) is 0 Å². The fourth-order valence-corrected chi connectivity index (χ4v) is 3.18. The minimum atomic E-state index is -5.30. The van der Waals surface area contributed by atoms with E-state index in [4.69, 9.17) is 4.42 Å². The molecule has 0 spiro atoms. The van der Waals surface area contributed by atoms with E-state index >= 15 is 0 Å². The number of ketones is 1. The predicted octanol–water partition coefficient (Wildman–Crippen LogP) is 2.24. The summed E-state index contributed by atoms with van der Waals surface area (Å²) >= 11 is 0. The van der Waals surface area contributed by atoms with Crippen LogP contribution < -0.4 is 5.63 Å². The largest absolute Gasteiger partial charge is 0.506 e. The van der Waals surface area contributed by atoms with Crippen molar-refractivity contribution in [3.8, 4) is 5.75 Å². The van der Waals surface area contributed by atoms with Crippen LogP contribution in [0.2, 0.25) is 0 Å². The molecule has 1 radical (unpaired) electrons. The van der Waals surface area contributed by atoms with Crippen molar-refractivity contribution in [3.05, 3.63) is 52.4 Å². The number of Topliss-reactive ketones (excluding diaryl/α,β-unsaturated/α-hetero) is 1. The second-order valence-corrected chi connectivity index (χ2v) is 5.88. The van der Waals surface area contributed by atoms with E-state index in [-0.39, 0.29) is 71.3 Å². The van der Waals surface area contributed by atoms with Crippen molar-refractivity contribution in [2.45, 2.75) is 6.18 Å². The summed E-state index contributed by atoms with van der Waals surface area (Å²) in [6.07, 6.45) is -5.30. The maximum absolute atomic E-state index is 12.7. The van der Waals surface area contributed by atoms with E-state index in [1.54, 1.807) is 13.1 Å². The van der Waals surface area contributed by atoms with Gasteiger partial charge in [0.15, 0.2) is 5.56 Å². The molecule has 0 aliphatic carbocycles. The molecule has 4 rings (SSSR count). The number of carbonyl (C=O) groups excluding carboxylic acids is 1. The third kappa shape index (κ3) is 3.85. The van der Waals surface area contributed by atoms with Crippen LogP contribution >= 0.6 is 0 Å². The Labute approximate surface area is 200 Å². The van der Waals surface area contributed by atoms with Gasteiger partial charge >= 0.3 is 11.8 Å². The van der Waals surface area contributed by atoms with Crippen LogP contribution in [0.25, 0.3) is 32.8 Å². The molecule has 0 saturated carbocycles. The van der Waals surface area contributed by atoms with Gasteiger partial charge in [-0.05, 0) is 12.1 Å². The Bertz CT molecular complexity index is 1290. The minimum Gasteiger partial charge on any atom is -0.506 e. The maximum Gasteiger partial charge on any atom is 0.455 e. The molecule has 5 N–H and O–H groups in total. The molecule has 29 heavy (non-hydrogen) atoms. The monoisotopic (exact) mass is 550 g/mol. The van der Waals surface area contributed by atoms with Crippen LogP contribution in [0, 0.1) is 49.4 Å². The Balaban J connectivity index is 0.00000140. The first-order valence-electron chi connectivity index (χ1n) is 7.48. The van der Waals surface area contributed by atoms with Crippen molar-refractivity contribution in [1.29, 1.82) is 0 Å². The molecule has 7 nitrogen and oxygen atoms in total. The zero-order chi connectivity index (χ0) is 18.8. The Morgan fingerprint density at radius 1 is 1.03 bits per heavy atom. The molecule has 0 atom stereocenters. The van der Waals surface area contributed by atoms with Gasteiger partial charge in [0.05, 0.1) is 10.9 Å². The van der Waals surface area contributed by atoms with Gasteiger partial charge in [-0.3, -0.25) is 4.79 Å². The van der Waals surface area contributed by atoms with Crippen molar-refractivity contribution in [2.75, 3.05) is 0 Å². The maximum atomic E-state index is 12.7. The summed E-state index contributed by atoms with van der Waals surface area (Å²) < 4.78 is 44.9. The molecule has 2 aromatic carbocycles. The molecule has 155 valence electrons. The molecule has 0 unspecified atom stereocenters. The van der Waals surface area contributed by atoms with Crippen LogP contribution in [-0.2, 0) is 7.05 Å². The van der Waals surface area contributed by atoms with Crippen molar-refractivity contribution in [1.82, 2.24) is 4.57 Å². The number of para-hydroxylation sites is 1. The molecule has 0 bridgehead atoms. The van der Waals surface area contributed by atoms with Gasteiger partial charge in [0.2, 0.25) is 0 Å². The second kappa shape index (κ2) is 8.53. The van der Waals surface area contributed by atoms with Crippen LogP contribution in [0.3, 0.4) is 0 Å². The van der Waals surface area contributed by atoms with Crippen LogP contribution in [-0.4, -0.2) is 32.6 Å². The molecule has 0 saturated heterocycles. The number of nitrogens with zero attached hydrogens (tertiary/aromatic N) is 1. The van der Waals surface area contributed by atoms with E-state index in [1.165, 1.54) is 12.1 Å². The van der Waals surface area contributed by atoms with Gasteiger partial charge in [0.25, 0.3) is 5.78 Å². The van der Waals surface area contributed by atoms with Gasteiger partial charge in [-0.1, -0.05) is 18.2 Å². The number of aromatic hydroxyl groups is 1. The molecule has 0 fully saturated rings. The van der Waals surface area contributed by atoms with Gasteiger partial charge in [-0.2, -0.15) is 13.2 Å². The van der Waals surface area contributed by atoms with Gasteiger partial charge in [-0.25, -0.2) is 4.79 Å². The third-order valence-electron chi connectivity index (χ3n) is 4.40. The summed E-state index contributed by atoms with van der Waals surface area (Å²) in [5.74, 6) is -3.47. The Hall–Kier alpha value is -1.79. The number of aryl methyl sites for hydroxylation is 1. The van der Waals surface area contributed by atoms with E-state index in [0.29, 0.717) is 10.9 Å². The summed E-state index contributed by atoms with van der Waals surface area (Å²) in [6, 6.07) is 10.2. The number of benzene rings is 2. The standard InChI is InChI=1S/C18H10F3NO4.Eu.2H2O/c1-22-11-5-3-2-4-8(11)9-6-10-13(7-12(9)22)26-17(25)14(15(10)23)16(24)18(19,20)21;;;/h2-7,23H,1H3;;2*1H2. The SMILES string of the molecule is Cn1c2ccccc2c2cc3c(O)c(C(=O)C(F)(F)F)c(=O)oc3cc21.O.O.[Eu]. The number of carbonyl (C=O) groups is 1. The van der Waals surface area contributed by atoms with Gasteiger partial charge in [0.1, 0.15) is 11.3 Å². The summed E-state index contributed by atoms with van der Waals surface area (Å²) in [5, 5.41) is 11.5. The molecule has 0 aliphatic rings. The van der Waals surface area contributed by atoms with Crippen LogP contribution in [0.5, 0.6) is 5.75 Å². The molecular weight excluding hydrogens is 535 g/mol. The average Bonchev–Trinajstić information content (AvgIpc) is 2.85.